The van der Waals surface area contributed by atoms with E-state index in [0.717, 1.165) is 6.07 Å². The first-order valence-corrected chi connectivity index (χ1v) is 6.33. The third-order valence-electron chi connectivity index (χ3n) is 2.46. The van der Waals surface area contributed by atoms with Crippen LogP contribution in [0.25, 0.3) is 11.4 Å². The van der Waals surface area contributed by atoms with E-state index in [1.165, 1.54) is 12.1 Å². The van der Waals surface area contributed by atoms with Crippen molar-refractivity contribution in [3.8, 4) is 23.5 Å². The first-order chi connectivity index (χ1) is 10.0. The van der Waals surface area contributed by atoms with E-state index < -0.39 is 5.82 Å². The Hall–Kier alpha value is -2.75. The van der Waals surface area contributed by atoms with Crippen molar-refractivity contribution in [2.45, 2.75) is 20.0 Å². The predicted molar refractivity (Wildman–Crippen MR) is 75.2 cm³/mol. The molecule has 0 radical (unpaired) electrons. The topological polar surface area (TPSA) is 83.7 Å². The summed E-state index contributed by atoms with van der Waals surface area (Å²) in [6.45, 7) is 3.69. The van der Waals surface area contributed by atoms with Crippen molar-refractivity contribution in [1.82, 2.24) is 15.0 Å². The highest BCUT2D eigenvalue weighted by molar-refractivity contribution is 5.59. The summed E-state index contributed by atoms with van der Waals surface area (Å²) in [6.07, 6.45) is -0.105. The van der Waals surface area contributed by atoms with Crippen molar-refractivity contribution in [2.75, 3.05) is 12.4 Å². The molecular weight excluding hydrogens is 273 g/mol. The van der Waals surface area contributed by atoms with Crippen LogP contribution in [0.3, 0.4) is 0 Å². The Morgan fingerprint density at radius 2 is 2.00 bits per heavy atom. The molecule has 0 bridgehead atoms. The van der Waals surface area contributed by atoms with Crippen LogP contribution >= 0.6 is 0 Å². The van der Waals surface area contributed by atoms with Gasteiger partial charge >= 0.3 is 6.01 Å². The molecule has 0 aliphatic rings. The van der Waals surface area contributed by atoms with Gasteiger partial charge in [0.25, 0.3) is 0 Å². The molecule has 0 atom stereocenters. The van der Waals surface area contributed by atoms with Crippen molar-refractivity contribution < 1.29 is 9.13 Å². The van der Waals surface area contributed by atoms with Crippen LogP contribution in [0.15, 0.2) is 18.2 Å². The van der Waals surface area contributed by atoms with Crippen molar-refractivity contribution in [1.29, 1.82) is 5.26 Å². The Labute approximate surface area is 121 Å². The molecule has 1 heterocycles. The fourth-order valence-electron chi connectivity index (χ4n) is 1.64. The highest BCUT2D eigenvalue weighted by atomic mass is 19.1. The lowest BCUT2D eigenvalue weighted by atomic mass is 10.1. The quantitative estimate of drug-likeness (QED) is 0.929. The van der Waals surface area contributed by atoms with Crippen molar-refractivity contribution in [3.05, 3.63) is 29.6 Å². The van der Waals surface area contributed by atoms with Gasteiger partial charge in [0, 0.05) is 12.6 Å². The number of nitriles is 1. The summed E-state index contributed by atoms with van der Waals surface area (Å²) in [7, 11) is 1.66. The second-order valence-electron chi connectivity index (χ2n) is 4.52. The van der Waals surface area contributed by atoms with Gasteiger partial charge in [-0.2, -0.15) is 20.2 Å². The molecule has 2 aromatic rings. The molecule has 21 heavy (non-hydrogen) atoms. The molecule has 1 N–H and O–H groups in total. The predicted octanol–water partition coefficient (Wildman–Crippen LogP) is 2.38. The molecule has 0 unspecified atom stereocenters. The molecule has 0 spiro atoms. The SMILES string of the molecule is CNc1nc(OC(C)C)nc(-c2cc(F)cc(C#N)c2)n1. The lowest BCUT2D eigenvalue weighted by Crippen LogP contribution is -2.11. The second-order valence-corrected chi connectivity index (χ2v) is 4.52. The number of aromatic nitrogens is 3. The van der Waals surface area contributed by atoms with E-state index in [9.17, 15) is 4.39 Å². The fourth-order valence-corrected chi connectivity index (χ4v) is 1.64. The van der Waals surface area contributed by atoms with Gasteiger partial charge in [0.05, 0.1) is 17.7 Å². The van der Waals surface area contributed by atoms with Crippen molar-refractivity contribution >= 4 is 5.95 Å². The molecule has 0 fully saturated rings. The summed E-state index contributed by atoms with van der Waals surface area (Å²) in [5, 5.41) is 11.7. The average Bonchev–Trinajstić information content (AvgIpc) is 2.45. The zero-order chi connectivity index (χ0) is 15.4. The second kappa shape index (κ2) is 6.13. The van der Waals surface area contributed by atoms with E-state index >= 15 is 0 Å². The third-order valence-corrected chi connectivity index (χ3v) is 2.46. The van der Waals surface area contributed by atoms with Crippen LogP contribution < -0.4 is 10.1 Å². The molecule has 0 aliphatic carbocycles. The monoisotopic (exact) mass is 287 g/mol. The molecule has 7 heteroatoms. The van der Waals surface area contributed by atoms with Gasteiger partial charge in [-0.15, -0.1) is 0 Å². The Morgan fingerprint density at radius 1 is 1.24 bits per heavy atom. The summed E-state index contributed by atoms with van der Waals surface area (Å²) in [5.41, 5.74) is 0.585. The zero-order valence-corrected chi connectivity index (χ0v) is 11.9. The van der Waals surface area contributed by atoms with Crippen LogP contribution in [0.4, 0.5) is 10.3 Å². The van der Waals surface area contributed by atoms with Crippen LogP contribution in [0.1, 0.15) is 19.4 Å². The lowest BCUT2D eigenvalue weighted by Gasteiger charge is -2.10. The molecule has 0 aliphatic heterocycles. The molecule has 0 saturated heterocycles. The number of nitrogens with one attached hydrogen (secondary N) is 1. The first-order valence-electron chi connectivity index (χ1n) is 6.33. The van der Waals surface area contributed by atoms with E-state index in [-0.39, 0.29) is 23.5 Å². The first kappa shape index (κ1) is 14.7. The fraction of sp³-hybridized carbons (Fsp3) is 0.286. The summed E-state index contributed by atoms with van der Waals surface area (Å²) in [6, 6.07) is 5.95. The van der Waals surface area contributed by atoms with Gasteiger partial charge < -0.3 is 10.1 Å². The van der Waals surface area contributed by atoms with Gasteiger partial charge in [-0.05, 0) is 32.0 Å². The number of rotatable bonds is 4. The lowest BCUT2D eigenvalue weighted by molar-refractivity contribution is 0.222. The van der Waals surface area contributed by atoms with Crippen LogP contribution in [-0.2, 0) is 0 Å². The van der Waals surface area contributed by atoms with Gasteiger partial charge in [0.2, 0.25) is 5.95 Å². The maximum Gasteiger partial charge on any atom is 0.322 e. The average molecular weight is 287 g/mol. The normalized spacial score (nSPS) is 10.3. The third kappa shape index (κ3) is 3.63. The van der Waals surface area contributed by atoms with Crippen molar-refractivity contribution in [3.63, 3.8) is 0 Å². The van der Waals surface area contributed by atoms with Gasteiger partial charge in [-0.3, -0.25) is 0 Å². The van der Waals surface area contributed by atoms with Crippen molar-refractivity contribution in [2.24, 2.45) is 0 Å². The number of nitrogens with zero attached hydrogens (tertiary/aromatic N) is 4. The van der Waals surface area contributed by atoms with E-state index in [1.54, 1.807) is 7.05 Å². The Kier molecular flexibility index (Phi) is 4.28. The minimum Gasteiger partial charge on any atom is -0.461 e. The van der Waals surface area contributed by atoms with E-state index in [1.807, 2.05) is 19.9 Å². The van der Waals surface area contributed by atoms with Crippen LogP contribution in [-0.4, -0.2) is 28.1 Å². The molecule has 108 valence electrons. The minimum atomic E-state index is -0.526. The smallest absolute Gasteiger partial charge is 0.322 e. The van der Waals surface area contributed by atoms with E-state index in [4.69, 9.17) is 10.00 Å². The molecular formula is C14H14FN5O. The van der Waals surface area contributed by atoms with Gasteiger partial charge in [0.15, 0.2) is 5.82 Å². The highest BCUT2D eigenvalue weighted by Crippen LogP contribution is 2.21. The van der Waals surface area contributed by atoms with Crippen LogP contribution in [0, 0.1) is 17.1 Å². The number of benzene rings is 1. The van der Waals surface area contributed by atoms with Gasteiger partial charge in [0.1, 0.15) is 5.82 Å². The number of hydrogen-bond donors (Lipinski definition) is 1. The maximum atomic E-state index is 13.5. The Morgan fingerprint density at radius 3 is 2.62 bits per heavy atom. The standard InChI is InChI=1S/C14H14FN5O/c1-8(2)21-14-19-12(18-13(17-3)20-14)10-4-9(7-16)5-11(15)6-10/h4-6,8H,1-3H3,(H,17,18,19,20). The number of halogens is 1. The van der Waals surface area contributed by atoms with Crippen LogP contribution in [0.2, 0.25) is 0 Å². The zero-order valence-electron chi connectivity index (χ0n) is 11.9. The maximum absolute atomic E-state index is 13.5. The molecule has 0 saturated carbocycles. The van der Waals surface area contributed by atoms with Gasteiger partial charge in [-0.1, -0.05) is 0 Å². The van der Waals surface area contributed by atoms with E-state index in [0.29, 0.717) is 11.5 Å². The highest BCUT2D eigenvalue weighted by Gasteiger charge is 2.12. The minimum absolute atomic E-state index is 0.105. The summed E-state index contributed by atoms with van der Waals surface area (Å²) >= 11 is 0. The summed E-state index contributed by atoms with van der Waals surface area (Å²) < 4.78 is 19.0. The molecule has 6 nitrogen and oxygen atoms in total. The van der Waals surface area contributed by atoms with E-state index in [2.05, 4.69) is 20.3 Å². The van der Waals surface area contributed by atoms with Crippen LogP contribution in [0.5, 0.6) is 6.01 Å². The Bertz CT molecular complexity index is 696. The number of hydrogen-bond acceptors (Lipinski definition) is 6. The van der Waals surface area contributed by atoms with Gasteiger partial charge in [-0.25, -0.2) is 4.39 Å². The molecule has 2 rings (SSSR count). The molecule has 1 aromatic carbocycles. The molecule has 1 aromatic heterocycles. The number of anilines is 1. The number of ether oxygens (including phenoxy) is 1. The Balaban J connectivity index is 2.52. The summed E-state index contributed by atoms with van der Waals surface area (Å²) in [4.78, 5) is 12.4. The largest absolute Gasteiger partial charge is 0.461 e. The summed E-state index contributed by atoms with van der Waals surface area (Å²) in [5.74, 6) is 0.0150. The molecule has 0 amide bonds.